The van der Waals surface area contributed by atoms with Gasteiger partial charge in [0.05, 0.1) is 6.54 Å². The largest absolute Gasteiger partial charge is 0.451 e. The van der Waals surface area contributed by atoms with Gasteiger partial charge in [-0.3, -0.25) is 4.79 Å². The van der Waals surface area contributed by atoms with Crippen molar-refractivity contribution in [1.82, 2.24) is 9.97 Å². The molecule has 0 radical (unpaired) electrons. The third-order valence-electron chi connectivity index (χ3n) is 2.34. The lowest BCUT2D eigenvalue weighted by atomic mass is 10.3. The Labute approximate surface area is 118 Å². The zero-order chi connectivity index (χ0) is 16.0. The van der Waals surface area contributed by atoms with Crippen molar-refractivity contribution in [3.05, 3.63) is 11.9 Å². The van der Waals surface area contributed by atoms with Gasteiger partial charge in [0.2, 0.25) is 11.7 Å². The normalized spacial score (nSPS) is 12.8. The van der Waals surface area contributed by atoms with Gasteiger partial charge in [-0.2, -0.15) is 13.2 Å². The summed E-state index contributed by atoms with van der Waals surface area (Å²) in [5.41, 5.74) is 4.84. The van der Waals surface area contributed by atoms with E-state index in [1.807, 2.05) is 6.92 Å². The number of halogens is 3. The fraction of sp³-hybridized carbons (Fsp3) is 0.545. The molecule has 0 aliphatic heterocycles. The SMILES string of the molecule is CCCNc1cc(NCC(O)C(N)=O)nc(C(F)(F)F)n1. The summed E-state index contributed by atoms with van der Waals surface area (Å²) in [6, 6.07) is 1.25. The number of carbonyl (C=O) groups excluding carboxylic acids is 1. The topological polar surface area (TPSA) is 113 Å². The summed E-state index contributed by atoms with van der Waals surface area (Å²) >= 11 is 0. The molecule has 1 aromatic rings. The zero-order valence-corrected chi connectivity index (χ0v) is 11.2. The number of aliphatic hydroxyl groups excluding tert-OH is 1. The molecule has 10 heteroatoms. The molecule has 1 atom stereocenters. The van der Waals surface area contributed by atoms with E-state index in [9.17, 15) is 23.1 Å². The van der Waals surface area contributed by atoms with Gasteiger partial charge in [-0.15, -0.1) is 0 Å². The van der Waals surface area contributed by atoms with Gasteiger partial charge in [-0.25, -0.2) is 9.97 Å². The summed E-state index contributed by atoms with van der Waals surface area (Å²) in [4.78, 5) is 17.3. The van der Waals surface area contributed by atoms with Crippen LogP contribution >= 0.6 is 0 Å². The molecule has 0 spiro atoms. The molecule has 0 aliphatic carbocycles. The molecule has 1 rings (SSSR count). The first-order valence-corrected chi connectivity index (χ1v) is 6.15. The van der Waals surface area contributed by atoms with E-state index in [2.05, 4.69) is 20.6 Å². The van der Waals surface area contributed by atoms with Gasteiger partial charge in [-0.1, -0.05) is 6.92 Å². The number of anilines is 2. The molecule has 5 N–H and O–H groups in total. The maximum atomic E-state index is 12.7. The standard InChI is InChI=1S/C11H16F3N5O2/c1-2-3-16-7-4-8(17-5-6(20)9(15)21)19-10(18-7)11(12,13)14/h4,6,20H,2-3,5H2,1H3,(H2,15,21)(H2,16,17,18,19). The fourth-order valence-corrected chi connectivity index (χ4v) is 1.31. The number of hydrogen-bond acceptors (Lipinski definition) is 6. The Bertz CT molecular complexity index is 495. The molecule has 0 fully saturated rings. The second-order valence-electron chi connectivity index (χ2n) is 4.19. The number of nitrogens with two attached hydrogens (primary N) is 1. The number of aliphatic hydroxyl groups is 1. The number of aromatic nitrogens is 2. The average molecular weight is 307 g/mol. The summed E-state index contributed by atoms with van der Waals surface area (Å²) in [5, 5.41) is 14.3. The Hall–Kier alpha value is -2.10. The van der Waals surface area contributed by atoms with E-state index in [1.54, 1.807) is 0 Å². The molecule has 0 aromatic carbocycles. The van der Waals surface area contributed by atoms with Crippen molar-refractivity contribution in [3.8, 4) is 0 Å². The van der Waals surface area contributed by atoms with Crippen molar-refractivity contribution < 1.29 is 23.1 Å². The highest BCUT2D eigenvalue weighted by Crippen LogP contribution is 2.28. The highest BCUT2D eigenvalue weighted by Gasteiger charge is 2.35. The first-order chi connectivity index (χ1) is 9.74. The molecular formula is C11H16F3N5O2. The van der Waals surface area contributed by atoms with Crippen LogP contribution in [0.25, 0.3) is 0 Å². The van der Waals surface area contributed by atoms with Gasteiger partial charge in [0.15, 0.2) is 0 Å². The number of nitrogens with zero attached hydrogens (tertiary/aromatic N) is 2. The quantitative estimate of drug-likeness (QED) is 0.586. The Balaban J connectivity index is 2.93. The second kappa shape index (κ2) is 7.07. The number of hydrogen-bond donors (Lipinski definition) is 4. The van der Waals surface area contributed by atoms with Gasteiger partial charge in [0, 0.05) is 12.6 Å². The first kappa shape index (κ1) is 17.0. The maximum absolute atomic E-state index is 12.7. The van der Waals surface area contributed by atoms with Crippen LogP contribution in [-0.2, 0) is 11.0 Å². The van der Waals surface area contributed by atoms with Crippen LogP contribution < -0.4 is 16.4 Å². The molecule has 1 aromatic heterocycles. The molecule has 1 heterocycles. The average Bonchev–Trinajstić information content (AvgIpc) is 2.41. The highest BCUT2D eigenvalue weighted by molar-refractivity contribution is 5.79. The number of alkyl halides is 3. The van der Waals surface area contributed by atoms with E-state index in [0.717, 1.165) is 0 Å². The van der Waals surface area contributed by atoms with Crippen LogP contribution in [-0.4, -0.2) is 40.2 Å². The van der Waals surface area contributed by atoms with Gasteiger partial charge in [0.25, 0.3) is 0 Å². The van der Waals surface area contributed by atoms with Crippen molar-refractivity contribution in [2.45, 2.75) is 25.6 Å². The molecule has 1 amide bonds. The molecular weight excluding hydrogens is 291 g/mol. The molecule has 7 nitrogen and oxygen atoms in total. The van der Waals surface area contributed by atoms with Crippen LogP contribution in [0, 0.1) is 0 Å². The third kappa shape index (κ3) is 5.42. The minimum atomic E-state index is -4.71. The van der Waals surface area contributed by atoms with Crippen LogP contribution in [0.15, 0.2) is 6.07 Å². The monoisotopic (exact) mass is 307 g/mol. The lowest BCUT2D eigenvalue weighted by molar-refractivity contribution is -0.144. The summed E-state index contributed by atoms with van der Waals surface area (Å²) in [6.45, 7) is 1.94. The minimum absolute atomic E-state index is 0.00441. The lowest BCUT2D eigenvalue weighted by Crippen LogP contribution is -2.34. The van der Waals surface area contributed by atoms with Crippen molar-refractivity contribution in [3.63, 3.8) is 0 Å². The molecule has 118 valence electrons. The van der Waals surface area contributed by atoms with Crippen LogP contribution in [0.2, 0.25) is 0 Å². The predicted octanol–water partition coefficient (Wildman–Crippen LogP) is 0.575. The third-order valence-corrected chi connectivity index (χ3v) is 2.34. The number of rotatable bonds is 7. The van der Waals surface area contributed by atoms with Crippen LogP contribution in [0.1, 0.15) is 19.2 Å². The van der Waals surface area contributed by atoms with Gasteiger partial charge in [-0.05, 0) is 6.42 Å². The van der Waals surface area contributed by atoms with E-state index in [0.29, 0.717) is 13.0 Å². The maximum Gasteiger partial charge on any atom is 0.451 e. The summed E-state index contributed by atoms with van der Waals surface area (Å²) < 4.78 is 38.1. The van der Waals surface area contributed by atoms with E-state index in [4.69, 9.17) is 5.73 Å². The smallest absolute Gasteiger partial charge is 0.381 e. The van der Waals surface area contributed by atoms with E-state index < -0.39 is 24.0 Å². The summed E-state index contributed by atoms with van der Waals surface area (Å²) in [6.07, 6.45) is -5.53. The Morgan fingerprint density at radius 3 is 2.43 bits per heavy atom. The Morgan fingerprint density at radius 1 is 1.38 bits per heavy atom. The van der Waals surface area contributed by atoms with Crippen LogP contribution in [0.4, 0.5) is 24.8 Å². The van der Waals surface area contributed by atoms with Crippen LogP contribution in [0.3, 0.4) is 0 Å². The minimum Gasteiger partial charge on any atom is -0.381 e. The van der Waals surface area contributed by atoms with Gasteiger partial charge in [0.1, 0.15) is 17.7 Å². The zero-order valence-electron chi connectivity index (χ0n) is 11.2. The van der Waals surface area contributed by atoms with Gasteiger partial charge < -0.3 is 21.5 Å². The Morgan fingerprint density at radius 2 is 1.95 bits per heavy atom. The number of amides is 1. The van der Waals surface area contributed by atoms with E-state index in [-0.39, 0.29) is 18.2 Å². The number of primary amides is 1. The molecule has 0 saturated carbocycles. The fourth-order valence-electron chi connectivity index (χ4n) is 1.31. The van der Waals surface area contributed by atoms with E-state index >= 15 is 0 Å². The van der Waals surface area contributed by atoms with Crippen molar-refractivity contribution >= 4 is 17.5 Å². The van der Waals surface area contributed by atoms with E-state index in [1.165, 1.54) is 6.07 Å². The number of carbonyl (C=O) groups is 1. The predicted molar refractivity (Wildman–Crippen MR) is 69.5 cm³/mol. The summed E-state index contributed by atoms with van der Waals surface area (Å²) in [5.74, 6) is -2.48. The highest BCUT2D eigenvalue weighted by atomic mass is 19.4. The number of nitrogens with one attached hydrogen (secondary N) is 2. The van der Waals surface area contributed by atoms with Crippen molar-refractivity contribution in [2.24, 2.45) is 5.73 Å². The van der Waals surface area contributed by atoms with Gasteiger partial charge >= 0.3 is 6.18 Å². The Kier molecular flexibility index (Phi) is 5.70. The molecule has 0 aliphatic rings. The molecule has 0 saturated heterocycles. The van der Waals surface area contributed by atoms with Crippen molar-refractivity contribution in [1.29, 1.82) is 0 Å². The lowest BCUT2D eigenvalue weighted by Gasteiger charge is -2.13. The molecule has 1 unspecified atom stereocenters. The molecule has 0 bridgehead atoms. The summed E-state index contributed by atoms with van der Waals surface area (Å²) in [7, 11) is 0. The van der Waals surface area contributed by atoms with Crippen molar-refractivity contribution in [2.75, 3.05) is 23.7 Å². The van der Waals surface area contributed by atoms with Crippen LogP contribution in [0.5, 0.6) is 0 Å². The molecule has 21 heavy (non-hydrogen) atoms. The first-order valence-electron chi connectivity index (χ1n) is 6.15. The second-order valence-corrected chi connectivity index (χ2v) is 4.19.